The minimum absolute atomic E-state index is 0.216. The van der Waals surface area contributed by atoms with Gasteiger partial charge in [0.1, 0.15) is 5.82 Å². The van der Waals surface area contributed by atoms with Gasteiger partial charge in [-0.2, -0.15) is 0 Å². The summed E-state index contributed by atoms with van der Waals surface area (Å²) in [4.78, 5) is 19.2. The number of carbonyl (C=O) groups is 1. The summed E-state index contributed by atoms with van der Waals surface area (Å²) in [5, 5.41) is 6.49. The van der Waals surface area contributed by atoms with Crippen molar-refractivity contribution >= 4 is 11.7 Å². The van der Waals surface area contributed by atoms with Crippen molar-refractivity contribution in [1.29, 1.82) is 0 Å². The second-order valence-electron chi connectivity index (χ2n) is 7.74. The van der Waals surface area contributed by atoms with Crippen molar-refractivity contribution in [3.8, 4) is 0 Å². The zero-order valence-electron chi connectivity index (χ0n) is 15.0. The van der Waals surface area contributed by atoms with E-state index in [1.165, 1.54) is 0 Å². The van der Waals surface area contributed by atoms with Gasteiger partial charge in [-0.05, 0) is 56.3 Å². The van der Waals surface area contributed by atoms with Crippen LogP contribution >= 0.6 is 0 Å². The van der Waals surface area contributed by atoms with Gasteiger partial charge < -0.3 is 20.3 Å². The number of piperidine rings is 1. The Bertz CT molecular complexity index is 612. The number of morpholine rings is 1. The molecule has 0 aromatic carbocycles. The summed E-state index contributed by atoms with van der Waals surface area (Å²) in [6.45, 7) is 7.26. The Morgan fingerprint density at radius 2 is 2.28 bits per heavy atom. The molecular formula is C19H28N4O2. The molecule has 3 aliphatic rings. The molecule has 136 valence electrons. The minimum atomic E-state index is 0.216. The average Bonchev–Trinajstić information content (AvgIpc) is 3.33. The lowest BCUT2D eigenvalue weighted by Gasteiger charge is -2.32. The fourth-order valence-corrected chi connectivity index (χ4v) is 4.24. The number of aromatic nitrogens is 1. The Morgan fingerprint density at radius 3 is 3.00 bits per heavy atom. The Balaban J connectivity index is 1.28. The Hall–Kier alpha value is -1.66. The molecule has 1 spiro atoms. The number of ether oxygens (including phenoxy) is 1. The summed E-state index contributed by atoms with van der Waals surface area (Å²) < 4.78 is 5.57. The van der Waals surface area contributed by atoms with Gasteiger partial charge in [-0.3, -0.25) is 4.79 Å². The first-order chi connectivity index (χ1) is 12.2. The number of hydrogen-bond acceptors (Lipinski definition) is 5. The van der Waals surface area contributed by atoms with Crippen LogP contribution in [0.2, 0.25) is 0 Å². The van der Waals surface area contributed by atoms with E-state index in [0.717, 1.165) is 63.4 Å². The molecule has 1 aromatic rings. The lowest BCUT2D eigenvalue weighted by atomic mass is 9.92. The highest BCUT2D eigenvalue weighted by molar-refractivity contribution is 5.82. The molecule has 0 bridgehead atoms. The van der Waals surface area contributed by atoms with Gasteiger partial charge in [-0.15, -0.1) is 0 Å². The van der Waals surface area contributed by atoms with Gasteiger partial charge in [0, 0.05) is 31.7 Å². The van der Waals surface area contributed by atoms with Crippen LogP contribution in [0.4, 0.5) is 5.82 Å². The Labute approximate surface area is 149 Å². The van der Waals surface area contributed by atoms with Crippen molar-refractivity contribution in [2.75, 3.05) is 37.7 Å². The third-order valence-electron chi connectivity index (χ3n) is 5.95. The quantitative estimate of drug-likeness (QED) is 0.862. The van der Waals surface area contributed by atoms with Crippen molar-refractivity contribution in [1.82, 2.24) is 15.6 Å². The van der Waals surface area contributed by atoms with E-state index in [-0.39, 0.29) is 17.9 Å². The Kier molecular flexibility index (Phi) is 4.65. The van der Waals surface area contributed by atoms with E-state index < -0.39 is 0 Å². The maximum atomic E-state index is 12.4. The van der Waals surface area contributed by atoms with E-state index in [0.29, 0.717) is 12.0 Å². The molecule has 3 heterocycles. The highest BCUT2D eigenvalue weighted by atomic mass is 16.5. The first kappa shape index (κ1) is 16.8. The maximum Gasteiger partial charge on any atom is 0.223 e. The van der Waals surface area contributed by atoms with Crippen LogP contribution < -0.4 is 15.5 Å². The average molecular weight is 344 g/mol. The Morgan fingerprint density at radius 1 is 1.44 bits per heavy atom. The number of hydrogen-bond donors (Lipinski definition) is 2. The molecular weight excluding hydrogens is 316 g/mol. The molecule has 1 aromatic heterocycles. The summed E-state index contributed by atoms with van der Waals surface area (Å²) in [5.41, 5.74) is 1.35. The molecule has 2 N–H and O–H groups in total. The molecule has 1 aliphatic carbocycles. The van der Waals surface area contributed by atoms with E-state index in [4.69, 9.17) is 4.74 Å². The van der Waals surface area contributed by atoms with Gasteiger partial charge >= 0.3 is 0 Å². The highest BCUT2D eigenvalue weighted by Gasteiger charge is 2.57. The van der Waals surface area contributed by atoms with Gasteiger partial charge in [0.05, 0.1) is 12.7 Å². The highest BCUT2D eigenvalue weighted by Crippen LogP contribution is 2.58. The number of anilines is 1. The molecule has 2 unspecified atom stereocenters. The van der Waals surface area contributed by atoms with Crippen LogP contribution in [-0.4, -0.2) is 49.8 Å². The molecule has 2 aliphatic heterocycles. The number of nitrogens with one attached hydrogen (secondary N) is 2. The number of rotatable bonds is 4. The van der Waals surface area contributed by atoms with Crippen LogP contribution in [0.25, 0.3) is 0 Å². The van der Waals surface area contributed by atoms with Crippen molar-refractivity contribution < 1.29 is 9.53 Å². The van der Waals surface area contributed by atoms with Crippen molar-refractivity contribution in [2.24, 2.45) is 11.3 Å². The van der Waals surface area contributed by atoms with Crippen LogP contribution in [0.3, 0.4) is 0 Å². The molecule has 6 nitrogen and oxygen atoms in total. The second-order valence-corrected chi connectivity index (χ2v) is 7.74. The molecule has 4 rings (SSSR count). The minimum Gasteiger partial charge on any atom is -0.375 e. The van der Waals surface area contributed by atoms with Crippen molar-refractivity contribution in [3.05, 3.63) is 23.9 Å². The zero-order chi connectivity index (χ0) is 17.3. The number of nitrogens with zero attached hydrogens (tertiary/aromatic N) is 2. The van der Waals surface area contributed by atoms with Gasteiger partial charge in [-0.1, -0.05) is 6.07 Å². The number of amides is 1. The van der Waals surface area contributed by atoms with Crippen LogP contribution in [0.5, 0.6) is 0 Å². The monoisotopic (exact) mass is 344 g/mol. The largest absolute Gasteiger partial charge is 0.375 e. The number of carbonyl (C=O) groups excluding carboxylic acids is 1. The molecule has 1 amide bonds. The SMILES string of the molecule is CC1CN(c2ccc(CNC(=O)C3CC34CCNCC4)cn2)CCO1. The molecule has 0 radical (unpaired) electrons. The molecule has 2 saturated heterocycles. The third-order valence-corrected chi connectivity index (χ3v) is 5.95. The van der Waals surface area contributed by atoms with Crippen LogP contribution in [0, 0.1) is 11.3 Å². The second kappa shape index (κ2) is 6.92. The van der Waals surface area contributed by atoms with Gasteiger partial charge in [0.2, 0.25) is 5.91 Å². The van der Waals surface area contributed by atoms with E-state index in [9.17, 15) is 4.79 Å². The summed E-state index contributed by atoms with van der Waals surface area (Å²) in [5.74, 6) is 1.42. The first-order valence-electron chi connectivity index (χ1n) is 9.46. The zero-order valence-corrected chi connectivity index (χ0v) is 15.0. The van der Waals surface area contributed by atoms with Crippen LogP contribution in [0.15, 0.2) is 18.3 Å². The fraction of sp³-hybridized carbons (Fsp3) is 0.684. The predicted molar refractivity (Wildman–Crippen MR) is 96.4 cm³/mol. The summed E-state index contributed by atoms with van der Waals surface area (Å²) in [6.07, 6.45) is 5.46. The first-order valence-corrected chi connectivity index (χ1v) is 9.46. The normalized spacial score (nSPS) is 28.0. The van der Waals surface area contributed by atoms with E-state index in [2.05, 4.69) is 33.5 Å². The molecule has 25 heavy (non-hydrogen) atoms. The molecule has 2 atom stereocenters. The predicted octanol–water partition coefficient (Wildman–Crippen LogP) is 1.31. The lowest BCUT2D eigenvalue weighted by Crippen LogP contribution is -2.41. The van der Waals surface area contributed by atoms with Crippen molar-refractivity contribution in [2.45, 2.75) is 38.8 Å². The molecule has 1 saturated carbocycles. The van der Waals surface area contributed by atoms with Crippen LogP contribution in [-0.2, 0) is 16.1 Å². The number of pyridine rings is 1. The molecule has 3 fully saturated rings. The van der Waals surface area contributed by atoms with E-state index in [1.54, 1.807) is 0 Å². The van der Waals surface area contributed by atoms with E-state index in [1.807, 2.05) is 12.3 Å². The summed E-state index contributed by atoms with van der Waals surface area (Å²) in [6, 6.07) is 4.11. The topological polar surface area (TPSA) is 66.5 Å². The smallest absolute Gasteiger partial charge is 0.223 e. The standard InChI is InChI=1S/C19H28N4O2/c1-14-13-23(8-9-25-14)17-3-2-15(11-21-17)12-22-18(24)16-10-19(16)4-6-20-7-5-19/h2-3,11,14,16,20H,4-10,12-13H2,1H3,(H,22,24). The van der Waals surface area contributed by atoms with Gasteiger partial charge in [0.25, 0.3) is 0 Å². The maximum absolute atomic E-state index is 12.4. The fourth-order valence-electron chi connectivity index (χ4n) is 4.24. The van der Waals surface area contributed by atoms with E-state index >= 15 is 0 Å². The van der Waals surface area contributed by atoms with Gasteiger partial charge in [-0.25, -0.2) is 4.98 Å². The molecule has 6 heteroatoms. The van der Waals surface area contributed by atoms with Crippen molar-refractivity contribution in [3.63, 3.8) is 0 Å². The van der Waals surface area contributed by atoms with Crippen LogP contribution in [0.1, 0.15) is 31.7 Å². The summed E-state index contributed by atoms with van der Waals surface area (Å²) >= 11 is 0. The third kappa shape index (κ3) is 3.65. The lowest BCUT2D eigenvalue weighted by molar-refractivity contribution is -0.123. The van der Waals surface area contributed by atoms with Gasteiger partial charge in [0.15, 0.2) is 0 Å². The summed E-state index contributed by atoms with van der Waals surface area (Å²) in [7, 11) is 0.